The van der Waals surface area contributed by atoms with Gasteiger partial charge in [0.1, 0.15) is 0 Å². The van der Waals surface area contributed by atoms with Crippen LogP contribution in [0.25, 0.3) is 0 Å². The van der Waals surface area contributed by atoms with Crippen molar-refractivity contribution >= 4 is 7.91 Å². The van der Waals surface area contributed by atoms with E-state index >= 15 is 0 Å². The zero-order valence-corrected chi connectivity index (χ0v) is 7.11. The number of hydrogen-bond acceptors (Lipinski definition) is 2. The SMILES string of the molecule is O=P([O-])(O)F.[K+]. The van der Waals surface area contributed by atoms with Crippen LogP contribution < -0.4 is 56.3 Å². The summed E-state index contributed by atoms with van der Waals surface area (Å²) in [5.41, 5.74) is 0. The Balaban J connectivity index is 0. The summed E-state index contributed by atoms with van der Waals surface area (Å²) in [5.74, 6) is 0. The van der Waals surface area contributed by atoms with E-state index in [1.165, 1.54) is 0 Å². The second kappa shape index (κ2) is 3.69. The van der Waals surface area contributed by atoms with Gasteiger partial charge in [0.2, 0.25) is 0 Å². The molecule has 0 rings (SSSR count). The molecule has 0 aromatic rings. The summed E-state index contributed by atoms with van der Waals surface area (Å²) in [7, 11) is -5.39. The predicted molar refractivity (Wildman–Crippen MR) is 10.9 cm³/mol. The quantitative estimate of drug-likeness (QED) is 0.278. The number of hydrogen-bond donors (Lipinski definition) is 1. The van der Waals surface area contributed by atoms with Crippen LogP contribution in [-0.4, -0.2) is 4.89 Å². The van der Waals surface area contributed by atoms with E-state index in [1.807, 2.05) is 0 Å². The zero-order chi connectivity index (χ0) is 4.50. The summed E-state index contributed by atoms with van der Waals surface area (Å²) in [4.78, 5) is 15.4. The van der Waals surface area contributed by atoms with Gasteiger partial charge in [-0.05, 0) is 0 Å². The molecule has 0 saturated heterocycles. The molecular weight excluding hydrogens is 137 g/mol. The summed E-state index contributed by atoms with van der Waals surface area (Å²) in [6.07, 6.45) is 0. The van der Waals surface area contributed by atoms with Gasteiger partial charge in [0, 0.05) is 0 Å². The van der Waals surface area contributed by atoms with Gasteiger partial charge in [-0.3, -0.25) is 4.57 Å². The molecule has 0 aliphatic heterocycles. The van der Waals surface area contributed by atoms with E-state index in [2.05, 4.69) is 0 Å². The van der Waals surface area contributed by atoms with Crippen molar-refractivity contribution in [2.24, 2.45) is 0 Å². The van der Waals surface area contributed by atoms with E-state index < -0.39 is 7.91 Å². The molecule has 0 bridgehead atoms. The molecule has 6 heavy (non-hydrogen) atoms. The van der Waals surface area contributed by atoms with Crippen LogP contribution in [0.15, 0.2) is 0 Å². The molecule has 0 saturated carbocycles. The second-order valence-corrected chi connectivity index (χ2v) is 1.35. The molecule has 0 aliphatic rings. The normalized spacial score (nSPS) is 17.8. The molecule has 0 aromatic heterocycles. The molecule has 32 valence electrons. The Morgan fingerprint density at radius 2 is 1.83 bits per heavy atom. The van der Waals surface area contributed by atoms with Gasteiger partial charge >= 0.3 is 59.3 Å². The molecule has 6 heteroatoms. The fraction of sp³-hybridized carbons (Fsp3) is 0. The molecule has 0 aromatic carbocycles. The first-order valence-electron chi connectivity index (χ1n) is 0.734. The van der Waals surface area contributed by atoms with Crippen LogP contribution >= 0.6 is 7.91 Å². The second-order valence-electron chi connectivity index (χ2n) is 0.451. The van der Waals surface area contributed by atoms with E-state index in [9.17, 15) is 4.20 Å². The summed E-state index contributed by atoms with van der Waals surface area (Å²) < 4.78 is 18.8. The fourth-order valence-corrected chi connectivity index (χ4v) is 0. The molecule has 0 radical (unpaired) electrons. The minimum Gasteiger partial charge on any atom is -0.753 e. The van der Waals surface area contributed by atoms with Crippen LogP contribution in [-0.2, 0) is 4.57 Å². The third-order valence-electron chi connectivity index (χ3n) is 0. The fourth-order valence-electron chi connectivity index (χ4n) is 0. The van der Waals surface area contributed by atoms with E-state index in [4.69, 9.17) is 14.4 Å². The Morgan fingerprint density at radius 3 is 1.83 bits per heavy atom. The maximum absolute atomic E-state index is 10.2. The van der Waals surface area contributed by atoms with Crippen LogP contribution in [0.5, 0.6) is 0 Å². The van der Waals surface area contributed by atoms with E-state index in [1.54, 1.807) is 0 Å². The molecule has 0 amide bonds. The molecule has 0 heterocycles. The van der Waals surface area contributed by atoms with Crippen LogP contribution in [0, 0.1) is 0 Å². The van der Waals surface area contributed by atoms with Gasteiger partial charge in [-0.2, -0.15) is 4.20 Å². The van der Waals surface area contributed by atoms with Crippen molar-refractivity contribution in [2.45, 2.75) is 0 Å². The van der Waals surface area contributed by atoms with Crippen LogP contribution in [0.1, 0.15) is 0 Å². The van der Waals surface area contributed by atoms with Crippen molar-refractivity contribution in [3.8, 4) is 0 Å². The van der Waals surface area contributed by atoms with Gasteiger partial charge in [-0.25, -0.2) is 0 Å². The Labute approximate surface area is 76.6 Å². The van der Waals surface area contributed by atoms with Crippen LogP contribution in [0.3, 0.4) is 0 Å². The molecular formula is HFKO3P. The number of halogens is 1. The van der Waals surface area contributed by atoms with Gasteiger partial charge in [0.15, 0.2) is 0 Å². The van der Waals surface area contributed by atoms with Crippen molar-refractivity contribution < 1.29 is 69.9 Å². The first-order chi connectivity index (χ1) is 2.00. The van der Waals surface area contributed by atoms with E-state index in [-0.39, 0.29) is 51.4 Å². The van der Waals surface area contributed by atoms with Gasteiger partial charge in [0.05, 0.1) is 0 Å². The Hall–Kier alpha value is 1.72. The molecule has 1 atom stereocenters. The van der Waals surface area contributed by atoms with E-state index in [0.717, 1.165) is 0 Å². The Morgan fingerprint density at radius 1 is 1.83 bits per heavy atom. The third kappa shape index (κ3) is 43.2. The largest absolute Gasteiger partial charge is 1.00 e. The summed E-state index contributed by atoms with van der Waals surface area (Å²) >= 11 is 0. The van der Waals surface area contributed by atoms with Crippen molar-refractivity contribution in [1.82, 2.24) is 0 Å². The molecule has 0 spiro atoms. The van der Waals surface area contributed by atoms with E-state index in [0.29, 0.717) is 0 Å². The van der Waals surface area contributed by atoms with Gasteiger partial charge in [-0.1, -0.05) is 0 Å². The average Bonchev–Trinajstić information content (AvgIpc) is 0.722. The zero-order valence-electron chi connectivity index (χ0n) is 3.09. The maximum atomic E-state index is 10.2. The minimum atomic E-state index is -5.39. The van der Waals surface area contributed by atoms with Gasteiger partial charge in [-0.15, -0.1) is 0 Å². The van der Waals surface area contributed by atoms with Crippen LogP contribution in [0.4, 0.5) is 4.20 Å². The summed E-state index contributed by atoms with van der Waals surface area (Å²) in [5, 5.41) is 0. The predicted octanol–water partition coefficient (Wildman–Crippen LogP) is -3.58. The maximum Gasteiger partial charge on any atom is 1.00 e. The average molecular weight is 138 g/mol. The number of rotatable bonds is 0. The van der Waals surface area contributed by atoms with Crippen molar-refractivity contribution in [2.75, 3.05) is 0 Å². The minimum absolute atomic E-state index is 0. The smallest absolute Gasteiger partial charge is 0.753 e. The first kappa shape index (κ1) is 10.7. The molecule has 1 N–H and O–H groups in total. The third-order valence-corrected chi connectivity index (χ3v) is 0. The van der Waals surface area contributed by atoms with Crippen molar-refractivity contribution in [1.29, 1.82) is 0 Å². The standard InChI is InChI=1S/FH2O3P.K/c1-5(2,3)4;/h(H2,2,3,4);/q;+1/p-1. The Kier molecular flexibility index (Phi) is 6.54. The summed E-state index contributed by atoms with van der Waals surface area (Å²) in [6, 6.07) is 0. The summed E-state index contributed by atoms with van der Waals surface area (Å²) in [6.45, 7) is 0. The topological polar surface area (TPSA) is 60.4 Å². The molecule has 3 nitrogen and oxygen atoms in total. The van der Waals surface area contributed by atoms with Crippen molar-refractivity contribution in [3.05, 3.63) is 0 Å². The monoisotopic (exact) mass is 138 g/mol. The van der Waals surface area contributed by atoms with Gasteiger partial charge in [0.25, 0.3) is 0 Å². The molecule has 1 unspecified atom stereocenters. The van der Waals surface area contributed by atoms with Crippen LogP contribution in [0.2, 0.25) is 0 Å². The molecule has 0 fully saturated rings. The van der Waals surface area contributed by atoms with Crippen molar-refractivity contribution in [3.63, 3.8) is 0 Å². The molecule has 0 aliphatic carbocycles. The Bertz CT molecular complexity index is 56.9. The first-order valence-corrected chi connectivity index (χ1v) is 2.20. The van der Waals surface area contributed by atoms with Gasteiger partial charge < -0.3 is 9.79 Å².